The summed E-state index contributed by atoms with van der Waals surface area (Å²) in [5, 5.41) is 5.69. The van der Waals surface area contributed by atoms with Crippen LogP contribution in [-0.4, -0.2) is 58.0 Å². The Bertz CT molecular complexity index is 748. The zero-order valence-corrected chi connectivity index (χ0v) is 15.0. The van der Waals surface area contributed by atoms with Gasteiger partial charge in [0, 0.05) is 49.4 Å². The minimum Gasteiger partial charge on any atom is -0.337 e. The molecule has 2 fully saturated rings. The maximum Gasteiger partial charge on any atom is 0.275 e. The fourth-order valence-corrected chi connectivity index (χ4v) is 4.88. The molecule has 0 unspecified atom stereocenters. The maximum atomic E-state index is 12.7. The number of carbonyl (C=O) groups excluding carboxylic acids is 1. The Balaban J connectivity index is 1.61. The fourth-order valence-electron chi connectivity index (χ4n) is 4.45. The van der Waals surface area contributed by atoms with Crippen LogP contribution in [0.4, 0.5) is 0 Å². The Morgan fingerprint density at radius 2 is 2.20 bits per heavy atom. The third-order valence-corrected chi connectivity index (χ3v) is 6.14. The molecule has 0 bridgehead atoms. The third-order valence-electron chi connectivity index (χ3n) is 5.64. The van der Waals surface area contributed by atoms with Crippen LogP contribution in [0.1, 0.15) is 22.5 Å². The number of benzene rings is 1. The smallest absolute Gasteiger partial charge is 0.275 e. The van der Waals surface area contributed by atoms with Crippen LogP contribution in [0.3, 0.4) is 0 Å². The molecule has 2 aliphatic heterocycles. The summed E-state index contributed by atoms with van der Waals surface area (Å²) in [7, 11) is 0. The minimum absolute atomic E-state index is 0.0117. The van der Waals surface area contributed by atoms with Crippen LogP contribution in [0.15, 0.2) is 48.4 Å². The van der Waals surface area contributed by atoms with E-state index in [1.54, 1.807) is 5.38 Å². The van der Waals surface area contributed by atoms with E-state index in [9.17, 15) is 4.79 Å². The molecule has 25 heavy (non-hydrogen) atoms. The number of hydrogen-bond donors (Lipinski definition) is 0. The molecule has 0 spiro atoms. The standard InChI is InChI=1S/C19H22N4OS/c1-2-9-22-11-16-12-23(18(24)17-13-25-21-20-17)10-8-19(16,14-22)15-6-4-3-5-7-15/h2-7,13,16H,1,8-12,14H2/t16-,19-/m1/s1. The first-order chi connectivity index (χ1) is 12.2. The van der Waals surface area contributed by atoms with Crippen LogP contribution >= 0.6 is 11.5 Å². The van der Waals surface area contributed by atoms with E-state index in [2.05, 4.69) is 51.4 Å². The Kier molecular flexibility index (Phi) is 4.39. The summed E-state index contributed by atoms with van der Waals surface area (Å²) in [6.07, 6.45) is 2.96. The molecule has 1 amide bonds. The normalized spacial score (nSPS) is 26.4. The molecule has 0 radical (unpaired) electrons. The highest BCUT2D eigenvalue weighted by Gasteiger charge is 2.50. The molecule has 6 heteroatoms. The number of nitrogens with zero attached hydrogens (tertiary/aromatic N) is 4. The van der Waals surface area contributed by atoms with Crippen molar-refractivity contribution in [2.45, 2.75) is 11.8 Å². The van der Waals surface area contributed by atoms with Crippen molar-refractivity contribution in [3.8, 4) is 0 Å². The molecule has 4 rings (SSSR count). The maximum absolute atomic E-state index is 12.7. The van der Waals surface area contributed by atoms with Gasteiger partial charge in [-0.1, -0.05) is 40.9 Å². The van der Waals surface area contributed by atoms with Gasteiger partial charge in [-0.15, -0.1) is 11.7 Å². The second-order valence-electron chi connectivity index (χ2n) is 6.99. The topological polar surface area (TPSA) is 49.3 Å². The van der Waals surface area contributed by atoms with Gasteiger partial charge in [-0.3, -0.25) is 9.69 Å². The molecule has 2 aromatic rings. The largest absolute Gasteiger partial charge is 0.337 e. The average Bonchev–Trinajstić information content (AvgIpc) is 3.29. The van der Waals surface area contributed by atoms with E-state index >= 15 is 0 Å². The predicted molar refractivity (Wildman–Crippen MR) is 98.7 cm³/mol. The zero-order valence-electron chi connectivity index (χ0n) is 14.2. The van der Waals surface area contributed by atoms with E-state index in [1.165, 1.54) is 17.1 Å². The van der Waals surface area contributed by atoms with Crippen molar-refractivity contribution in [1.82, 2.24) is 19.4 Å². The van der Waals surface area contributed by atoms with E-state index in [4.69, 9.17) is 0 Å². The molecular formula is C19H22N4OS. The summed E-state index contributed by atoms with van der Waals surface area (Å²) in [6.45, 7) is 8.37. The lowest BCUT2D eigenvalue weighted by Gasteiger charge is -2.44. The molecule has 0 aliphatic carbocycles. The average molecular weight is 354 g/mol. The highest BCUT2D eigenvalue weighted by atomic mass is 32.1. The van der Waals surface area contributed by atoms with Crippen LogP contribution in [0.5, 0.6) is 0 Å². The molecule has 0 saturated carbocycles. The van der Waals surface area contributed by atoms with Gasteiger partial charge >= 0.3 is 0 Å². The monoisotopic (exact) mass is 354 g/mol. The number of rotatable bonds is 4. The Hall–Kier alpha value is -2.05. The van der Waals surface area contributed by atoms with Crippen LogP contribution in [-0.2, 0) is 5.41 Å². The van der Waals surface area contributed by atoms with Gasteiger partial charge in [-0.25, -0.2) is 0 Å². The van der Waals surface area contributed by atoms with Crippen molar-refractivity contribution >= 4 is 17.4 Å². The van der Waals surface area contributed by atoms with Crippen molar-refractivity contribution in [3.63, 3.8) is 0 Å². The Morgan fingerprint density at radius 1 is 1.36 bits per heavy atom. The van der Waals surface area contributed by atoms with Gasteiger partial charge < -0.3 is 4.90 Å². The Labute approximate surface area is 152 Å². The highest BCUT2D eigenvalue weighted by molar-refractivity contribution is 7.03. The quantitative estimate of drug-likeness (QED) is 0.792. The molecule has 130 valence electrons. The first-order valence-corrected chi connectivity index (χ1v) is 9.52. The molecule has 2 atom stereocenters. The highest BCUT2D eigenvalue weighted by Crippen LogP contribution is 2.45. The number of piperidine rings is 1. The van der Waals surface area contributed by atoms with Crippen molar-refractivity contribution in [2.24, 2.45) is 5.92 Å². The summed E-state index contributed by atoms with van der Waals surface area (Å²) < 4.78 is 3.83. The summed E-state index contributed by atoms with van der Waals surface area (Å²) in [5.41, 5.74) is 1.99. The second kappa shape index (κ2) is 6.69. The predicted octanol–water partition coefficient (Wildman–Crippen LogP) is 2.44. The zero-order chi connectivity index (χ0) is 17.3. The van der Waals surface area contributed by atoms with Crippen molar-refractivity contribution in [3.05, 3.63) is 59.6 Å². The summed E-state index contributed by atoms with van der Waals surface area (Å²) >= 11 is 1.23. The first-order valence-electron chi connectivity index (χ1n) is 8.68. The van der Waals surface area contributed by atoms with Gasteiger partial charge in [0.15, 0.2) is 5.69 Å². The second-order valence-corrected chi connectivity index (χ2v) is 7.60. The lowest BCUT2D eigenvalue weighted by Crippen LogP contribution is -2.51. The van der Waals surface area contributed by atoms with Crippen molar-refractivity contribution in [2.75, 3.05) is 32.7 Å². The van der Waals surface area contributed by atoms with Gasteiger partial charge in [-0.05, 0) is 23.5 Å². The third kappa shape index (κ3) is 2.89. The van der Waals surface area contributed by atoms with Gasteiger partial charge in [-0.2, -0.15) is 0 Å². The lowest BCUT2D eigenvalue weighted by atomic mass is 9.68. The van der Waals surface area contributed by atoms with Crippen LogP contribution < -0.4 is 0 Å². The Morgan fingerprint density at radius 3 is 2.92 bits per heavy atom. The van der Waals surface area contributed by atoms with Crippen LogP contribution in [0, 0.1) is 5.92 Å². The number of likely N-dealkylation sites (tertiary alicyclic amines) is 2. The molecular weight excluding hydrogens is 332 g/mol. The van der Waals surface area contributed by atoms with Gasteiger partial charge in [0.25, 0.3) is 5.91 Å². The van der Waals surface area contributed by atoms with E-state index in [0.29, 0.717) is 11.6 Å². The molecule has 2 aliphatic rings. The van der Waals surface area contributed by atoms with Crippen molar-refractivity contribution < 1.29 is 4.79 Å². The van der Waals surface area contributed by atoms with Crippen molar-refractivity contribution in [1.29, 1.82) is 0 Å². The van der Waals surface area contributed by atoms with Gasteiger partial charge in [0.1, 0.15) is 0 Å². The molecule has 1 aromatic carbocycles. The van der Waals surface area contributed by atoms with E-state index in [-0.39, 0.29) is 11.3 Å². The van der Waals surface area contributed by atoms with Crippen LogP contribution in [0.25, 0.3) is 0 Å². The molecule has 2 saturated heterocycles. The molecule has 3 heterocycles. The lowest BCUT2D eigenvalue weighted by molar-refractivity contribution is 0.0597. The number of hydrogen-bond acceptors (Lipinski definition) is 5. The molecule has 5 nitrogen and oxygen atoms in total. The van der Waals surface area contributed by atoms with Gasteiger partial charge in [0.05, 0.1) is 0 Å². The minimum atomic E-state index is 0.0117. The van der Waals surface area contributed by atoms with E-state index in [1.807, 2.05) is 11.0 Å². The number of fused-ring (bicyclic) bond motifs is 1. The summed E-state index contributed by atoms with van der Waals surface area (Å²) in [5.74, 6) is 0.441. The van der Waals surface area contributed by atoms with E-state index < -0.39 is 0 Å². The number of aromatic nitrogens is 2. The summed E-state index contributed by atoms with van der Waals surface area (Å²) in [4.78, 5) is 17.1. The first kappa shape index (κ1) is 16.4. The number of amides is 1. The molecule has 0 N–H and O–H groups in total. The number of carbonyl (C=O) groups is 1. The van der Waals surface area contributed by atoms with Gasteiger partial charge in [0.2, 0.25) is 0 Å². The fraction of sp³-hybridized carbons (Fsp3) is 0.421. The van der Waals surface area contributed by atoms with E-state index in [0.717, 1.165) is 39.1 Å². The summed E-state index contributed by atoms with van der Waals surface area (Å²) in [6, 6.07) is 10.8. The SMILES string of the molecule is C=CCN1C[C@@H]2CN(C(=O)c3csnn3)CC[C@]2(c2ccccc2)C1. The molecule has 1 aromatic heterocycles. The van der Waals surface area contributed by atoms with Crippen LogP contribution in [0.2, 0.25) is 0 Å².